The molecule has 3 rings (SSSR count). The Morgan fingerprint density at radius 1 is 1.18 bits per heavy atom. The molecule has 1 amide bonds. The van der Waals surface area contributed by atoms with Gasteiger partial charge in [0.15, 0.2) is 0 Å². The lowest BCUT2D eigenvalue weighted by molar-refractivity contribution is -0.126. The summed E-state index contributed by atoms with van der Waals surface area (Å²) in [4.78, 5) is 12.6. The van der Waals surface area contributed by atoms with Crippen LogP contribution in [0.15, 0.2) is 53.4 Å². The number of hydrogen-bond donors (Lipinski definition) is 1. The third-order valence-electron chi connectivity index (χ3n) is 4.84. The van der Waals surface area contributed by atoms with Gasteiger partial charge in [0.1, 0.15) is 10.7 Å². The number of benzene rings is 2. The zero-order chi connectivity index (χ0) is 20.1. The highest BCUT2D eigenvalue weighted by Gasteiger charge is 2.34. The quantitative estimate of drug-likeness (QED) is 0.774. The van der Waals surface area contributed by atoms with Crippen LogP contribution in [-0.4, -0.2) is 38.3 Å². The third kappa shape index (κ3) is 4.90. The Bertz CT molecular complexity index is 935. The van der Waals surface area contributed by atoms with Crippen molar-refractivity contribution in [1.82, 2.24) is 9.62 Å². The van der Waals surface area contributed by atoms with E-state index in [-0.39, 0.29) is 28.2 Å². The fraction of sp³-hybridized carbons (Fsp3) is 0.350. The highest BCUT2D eigenvalue weighted by Crippen LogP contribution is 2.28. The molecule has 0 aliphatic carbocycles. The normalized spacial score (nSPS) is 18.0. The van der Waals surface area contributed by atoms with Crippen molar-refractivity contribution in [2.24, 2.45) is 5.92 Å². The van der Waals surface area contributed by atoms with Crippen LogP contribution >= 0.6 is 11.6 Å². The maximum atomic E-state index is 12.9. The summed E-state index contributed by atoms with van der Waals surface area (Å²) < 4.78 is 40.0. The number of carbonyl (C=O) groups is 1. The Hall–Kier alpha value is -1.96. The summed E-state index contributed by atoms with van der Waals surface area (Å²) in [5, 5.41) is 3.03. The molecule has 0 saturated carbocycles. The molecule has 150 valence electrons. The second-order valence-electron chi connectivity index (χ2n) is 6.80. The summed E-state index contributed by atoms with van der Waals surface area (Å²) in [5.41, 5.74) is 0.924. The molecule has 1 N–H and O–H groups in total. The lowest BCUT2D eigenvalue weighted by atomic mass is 9.99. The van der Waals surface area contributed by atoms with Gasteiger partial charge in [0, 0.05) is 19.6 Å². The molecular weight excluding hydrogens is 403 g/mol. The van der Waals surface area contributed by atoms with E-state index < -0.39 is 15.9 Å². The van der Waals surface area contributed by atoms with Crippen LogP contribution in [-0.2, 0) is 21.2 Å². The van der Waals surface area contributed by atoms with Crippen molar-refractivity contribution in [3.05, 3.63) is 64.9 Å². The molecule has 1 unspecified atom stereocenters. The molecule has 0 spiro atoms. The average Bonchev–Trinajstić information content (AvgIpc) is 2.69. The van der Waals surface area contributed by atoms with Crippen LogP contribution in [0.4, 0.5) is 4.39 Å². The van der Waals surface area contributed by atoms with Gasteiger partial charge in [-0.25, -0.2) is 12.8 Å². The average molecular weight is 425 g/mol. The SMILES string of the molecule is O=C(NCCc1ccc(F)cc1)C1CCCN(S(=O)(=O)c2ccccc2Cl)C1. The number of amides is 1. The van der Waals surface area contributed by atoms with E-state index in [1.807, 2.05) is 0 Å². The lowest BCUT2D eigenvalue weighted by Gasteiger charge is -2.31. The Morgan fingerprint density at radius 2 is 1.89 bits per heavy atom. The largest absolute Gasteiger partial charge is 0.355 e. The maximum absolute atomic E-state index is 12.9. The molecule has 1 aliphatic heterocycles. The van der Waals surface area contributed by atoms with E-state index in [1.54, 1.807) is 24.3 Å². The van der Waals surface area contributed by atoms with E-state index >= 15 is 0 Å². The monoisotopic (exact) mass is 424 g/mol. The minimum atomic E-state index is -3.74. The van der Waals surface area contributed by atoms with Crippen LogP contribution in [0.2, 0.25) is 5.02 Å². The highest BCUT2D eigenvalue weighted by atomic mass is 35.5. The summed E-state index contributed by atoms with van der Waals surface area (Å²) >= 11 is 6.05. The number of piperidine rings is 1. The number of carbonyl (C=O) groups excluding carboxylic acids is 1. The van der Waals surface area contributed by atoms with Crippen LogP contribution in [0.5, 0.6) is 0 Å². The topological polar surface area (TPSA) is 66.5 Å². The fourth-order valence-electron chi connectivity index (χ4n) is 3.29. The van der Waals surface area contributed by atoms with Gasteiger partial charge < -0.3 is 5.32 Å². The third-order valence-corrected chi connectivity index (χ3v) is 7.20. The molecule has 2 aromatic carbocycles. The number of halogens is 2. The Balaban J connectivity index is 1.59. The summed E-state index contributed by atoms with van der Waals surface area (Å²) in [7, 11) is -3.74. The van der Waals surface area contributed by atoms with E-state index in [9.17, 15) is 17.6 Å². The van der Waals surface area contributed by atoms with Gasteiger partial charge in [0.2, 0.25) is 15.9 Å². The number of nitrogens with one attached hydrogen (secondary N) is 1. The van der Waals surface area contributed by atoms with Crippen molar-refractivity contribution in [2.75, 3.05) is 19.6 Å². The standard InChI is InChI=1S/C20H22ClFN2O3S/c21-18-5-1-2-6-19(18)28(26,27)24-13-3-4-16(14-24)20(25)23-12-11-15-7-9-17(22)10-8-15/h1-2,5-10,16H,3-4,11-14H2,(H,23,25). The molecule has 1 fully saturated rings. The molecule has 1 aliphatic rings. The van der Waals surface area contributed by atoms with Gasteiger partial charge in [-0.3, -0.25) is 4.79 Å². The van der Waals surface area contributed by atoms with Crippen LogP contribution in [0.25, 0.3) is 0 Å². The smallest absolute Gasteiger partial charge is 0.244 e. The Morgan fingerprint density at radius 3 is 2.61 bits per heavy atom. The van der Waals surface area contributed by atoms with Crippen molar-refractivity contribution in [3.63, 3.8) is 0 Å². The molecule has 1 saturated heterocycles. The Labute approximate surface area is 169 Å². The molecule has 1 heterocycles. The predicted octanol–water partition coefficient (Wildman–Crippen LogP) is 3.24. The van der Waals surface area contributed by atoms with E-state index in [4.69, 9.17) is 11.6 Å². The van der Waals surface area contributed by atoms with E-state index in [0.29, 0.717) is 32.4 Å². The molecule has 0 aromatic heterocycles. The molecule has 8 heteroatoms. The fourth-order valence-corrected chi connectivity index (χ4v) is 5.31. The number of nitrogens with zero attached hydrogens (tertiary/aromatic N) is 1. The van der Waals surface area contributed by atoms with Gasteiger partial charge >= 0.3 is 0 Å². The van der Waals surface area contributed by atoms with E-state index in [0.717, 1.165) is 5.56 Å². The van der Waals surface area contributed by atoms with Gasteiger partial charge in [-0.1, -0.05) is 35.9 Å². The predicted molar refractivity (Wildman–Crippen MR) is 106 cm³/mol. The minimum absolute atomic E-state index is 0.0639. The second kappa shape index (κ2) is 9.03. The molecule has 0 bridgehead atoms. The highest BCUT2D eigenvalue weighted by molar-refractivity contribution is 7.89. The van der Waals surface area contributed by atoms with Gasteiger partial charge in [-0.2, -0.15) is 4.31 Å². The maximum Gasteiger partial charge on any atom is 0.244 e. The van der Waals surface area contributed by atoms with E-state index in [1.165, 1.54) is 28.6 Å². The van der Waals surface area contributed by atoms with Crippen molar-refractivity contribution in [3.8, 4) is 0 Å². The van der Waals surface area contributed by atoms with Crippen LogP contribution in [0.1, 0.15) is 18.4 Å². The first-order valence-corrected chi connectivity index (χ1v) is 11.0. The van der Waals surface area contributed by atoms with Crippen molar-refractivity contribution in [2.45, 2.75) is 24.2 Å². The van der Waals surface area contributed by atoms with Gasteiger partial charge in [0.25, 0.3) is 0 Å². The van der Waals surface area contributed by atoms with Crippen molar-refractivity contribution in [1.29, 1.82) is 0 Å². The van der Waals surface area contributed by atoms with Crippen LogP contribution in [0, 0.1) is 11.7 Å². The first-order chi connectivity index (χ1) is 13.4. The molecule has 2 aromatic rings. The molecule has 0 radical (unpaired) electrons. The number of sulfonamides is 1. The van der Waals surface area contributed by atoms with Gasteiger partial charge in [-0.15, -0.1) is 0 Å². The summed E-state index contributed by atoms with van der Waals surface area (Å²) in [5.74, 6) is -0.866. The lowest BCUT2D eigenvalue weighted by Crippen LogP contribution is -2.45. The number of hydrogen-bond acceptors (Lipinski definition) is 3. The zero-order valence-corrected chi connectivity index (χ0v) is 16.8. The minimum Gasteiger partial charge on any atom is -0.355 e. The zero-order valence-electron chi connectivity index (χ0n) is 15.3. The Kier molecular flexibility index (Phi) is 6.69. The molecular formula is C20H22ClFN2O3S. The molecule has 5 nitrogen and oxygen atoms in total. The summed E-state index contributed by atoms with van der Waals surface area (Å²) in [6.07, 6.45) is 1.83. The van der Waals surface area contributed by atoms with Crippen molar-refractivity contribution >= 4 is 27.5 Å². The number of rotatable bonds is 6. The van der Waals surface area contributed by atoms with Crippen LogP contribution < -0.4 is 5.32 Å². The molecule has 1 atom stereocenters. The van der Waals surface area contributed by atoms with Gasteiger partial charge in [0.05, 0.1) is 10.9 Å². The van der Waals surface area contributed by atoms with E-state index in [2.05, 4.69) is 5.32 Å². The summed E-state index contributed by atoms with van der Waals surface area (Å²) in [6, 6.07) is 12.4. The van der Waals surface area contributed by atoms with Gasteiger partial charge in [-0.05, 0) is 49.1 Å². The second-order valence-corrected chi connectivity index (χ2v) is 9.11. The first kappa shape index (κ1) is 20.8. The van der Waals surface area contributed by atoms with Crippen molar-refractivity contribution < 1.29 is 17.6 Å². The summed E-state index contributed by atoms with van der Waals surface area (Å²) in [6.45, 7) is 0.918. The first-order valence-electron chi connectivity index (χ1n) is 9.15. The molecule has 28 heavy (non-hydrogen) atoms. The van der Waals surface area contributed by atoms with Crippen LogP contribution in [0.3, 0.4) is 0 Å².